The minimum atomic E-state index is -0.0329. The number of hydrogen-bond donors (Lipinski definition) is 2. The fourth-order valence-electron chi connectivity index (χ4n) is 2.97. The van der Waals surface area contributed by atoms with Crippen LogP contribution in [-0.4, -0.2) is 47.8 Å². The van der Waals surface area contributed by atoms with Crippen molar-refractivity contribution in [3.63, 3.8) is 0 Å². The molecule has 4 nitrogen and oxygen atoms in total. The van der Waals surface area contributed by atoms with Crippen LogP contribution in [0.15, 0.2) is 58.3 Å². The maximum atomic E-state index is 12.7. The lowest BCUT2D eigenvalue weighted by atomic mass is 10.2. The van der Waals surface area contributed by atoms with Gasteiger partial charge < -0.3 is 9.80 Å². The van der Waals surface area contributed by atoms with Crippen LogP contribution in [0.3, 0.4) is 0 Å². The van der Waals surface area contributed by atoms with Gasteiger partial charge in [-0.1, -0.05) is 24.3 Å². The molecule has 1 fully saturated rings. The number of hydrogen-bond acceptors (Lipinski definition) is 4. The van der Waals surface area contributed by atoms with E-state index in [2.05, 4.69) is 25.3 Å². The minimum absolute atomic E-state index is 0.0329. The Morgan fingerprint density at radius 3 is 1.48 bits per heavy atom. The quantitative estimate of drug-likeness (QED) is 0.795. The first-order valence-corrected chi connectivity index (χ1v) is 9.12. The van der Waals surface area contributed by atoms with E-state index in [4.69, 9.17) is 0 Å². The van der Waals surface area contributed by atoms with Gasteiger partial charge in [-0.15, -0.1) is 25.3 Å². The summed E-state index contributed by atoms with van der Waals surface area (Å²) in [6.07, 6.45) is 0.751. The number of thiol groups is 2. The van der Waals surface area contributed by atoms with Gasteiger partial charge in [0.25, 0.3) is 11.8 Å². The molecule has 1 heterocycles. The molecule has 0 atom stereocenters. The summed E-state index contributed by atoms with van der Waals surface area (Å²) < 4.78 is 0. The van der Waals surface area contributed by atoms with E-state index in [1.807, 2.05) is 36.4 Å². The Labute approximate surface area is 158 Å². The van der Waals surface area contributed by atoms with Crippen molar-refractivity contribution in [2.75, 3.05) is 26.2 Å². The molecule has 6 heteroatoms. The second kappa shape index (κ2) is 7.97. The molecule has 3 rings (SSSR count). The van der Waals surface area contributed by atoms with Crippen LogP contribution in [0.1, 0.15) is 27.1 Å². The molecule has 2 aromatic carbocycles. The summed E-state index contributed by atoms with van der Waals surface area (Å²) in [4.78, 5) is 30.4. The van der Waals surface area contributed by atoms with Crippen molar-refractivity contribution >= 4 is 37.1 Å². The highest BCUT2D eigenvalue weighted by atomic mass is 32.1. The SMILES string of the molecule is O=C(c1ccccc1S)N1CCCN(C(=O)c2ccccc2S)CC1. The fraction of sp³-hybridized carbons (Fsp3) is 0.263. The first-order chi connectivity index (χ1) is 12.1. The van der Waals surface area contributed by atoms with E-state index in [1.165, 1.54) is 0 Å². The first-order valence-electron chi connectivity index (χ1n) is 8.22. The van der Waals surface area contributed by atoms with Gasteiger partial charge in [-0.25, -0.2) is 0 Å². The maximum Gasteiger partial charge on any atom is 0.255 e. The summed E-state index contributed by atoms with van der Waals surface area (Å²) >= 11 is 8.75. The van der Waals surface area contributed by atoms with E-state index in [9.17, 15) is 9.59 Å². The van der Waals surface area contributed by atoms with Gasteiger partial charge in [0.15, 0.2) is 0 Å². The standard InChI is InChI=1S/C19H20N2O2S2/c22-18(14-6-1-3-8-16(14)24)20-10-5-11-21(13-12-20)19(23)15-7-2-4-9-17(15)25/h1-4,6-9,24-25H,5,10-13H2. The number of amides is 2. The molecule has 0 aromatic heterocycles. The monoisotopic (exact) mass is 372 g/mol. The van der Waals surface area contributed by atoms with Crippen molar-refractivity contribution in [3.05, 3.63) is 59.7 Å². The van der Waals surface area contributed by atoms with Crippen LogP contribution in [0, 0.1) is 0 Å². The summed E-state index contributed by atoms with van der Waals surface area (Å²) in [5, 5.41) is 0. The van der Waals surface area contributed by atoms with Crippen LogP contribution < -0.4 is 0 Å². The van der Waals surface area contributed by atoms with Gasteiger partial charge in [-0.3, -0.25) is 9.59 Å². The van der Waals surface area contributed by atoms with Gasteiger partial charge in [0.05, 0.1) is 11.1 Å². The largest absolute Gasteiger partial charge is 0.337 e. The van der Waals surface area contributed by atoms with Gasteiger partial charge in [0.2, 0.25) is 0 Å². The summed E-state index contributed by atoms with van der Waals surface area (Å²) in [7, 11) is 0. The topological polar surface area (TPSA) is 40.6 Å². The average molecular weight is 373 g/mol. The van der Waals surface area contributed by atoms with Crippen LogP contribution in [0.2, 0.25) is 0 Å². The first kappa shape index (κ1) is 17.9. The molecule has 0 saturated carbocycles. The van der Waals surface area contributed by atoms with E-state index in [1.54, 1.807) is 21.9 Å². The zero-order valence-electron chi connectivity index (χ0n) is 13.8. The molecule has 0 aliphatic carbocycles. The van der Waals surface area contributed by atoms with E-state index in [0.717, 1.165) is 6.42 Å². The third-order valence-corrected chi connectivity index (χ3v) is 5.12. The van der Waals surface area contributed by atoms with E-state index in [-0.39, 0.29) is 11.8 Å². The van der Waals surface area contributed by atoms with Gasteiger partial charge in [0.1, 0.15) is 0 Å². The Bertz CT molecular complexity index is 729. The van der Waals surface area contributed by atoms with Crippen molar-refractivity contribution in [1.82, 2.24) is 9.80 Å². The molecule has 1 aliphatic rings. The van der Waals surface area contributed by atoms with Crippen molar-refractivity contribution in [3.8, 4) is 0 Å². The van der Waals surface area contributed by atoms with Gasteiger partial charge in [-0.2, -0.15) is 0 Å². The molecule has 2 aromatic rings. The smallest absolute Gasteiger partial charge is 0.255 e. The molecular formula is C19H20N2O2S2. The van der Waals surface area contributed by atoms with Crippen molar-refractivity contribution in [2.24, 2.45) is 0 Å². The maximum absolute atomic E-state index is 12.7. The Hall–Kier alpha value is -1.92. The summed E-state index contributed by atoms with van der Waals surface area (Å²) in [6, 6.07) is 14.6. The second-order valence-electron chi connectivity index (χ2n) is 5.97. The molecule has 0 spiro atoms. The predicted octanol–water partition coefficient (Wildman–Crippen LogP) is 3.25. The van der Waals surface area contributed by atoms with Gasteiger partial charge >= 0.3 is 0 Å². The second-order valence-corrected chi connectivity index (χ2v) is 6.94. The summed E-state index contributed by atoms with van der Waals surface area (Å²) in [5.74, 6) is -0.0658. The van der Waals surface area contributed by atoms with Crippen LogP contribution in [0.25, 0.3) is 0 Å². The van der Waals surface area contributed by atoms with E-state index >= 15 is 0 Å². The summed E-state index contributed by atoms with van der Waals surface area (Å²) in [6.45, 7) is 2.29. The zero-order valence-corrected chi connectivity index (χ0v) is 15.5. The average Bonchev–Trinajstić information content (AvgIpc) is 2.87. The van der Waals surface area contributed by atoms with Crippen LogP contribution in [-0.2, 0) is 0 Å². The van der Waals surface area contributed by atoms with E-state index in [0.29, 0.717) is 47.1 Å². The minimum Gasteiger partial charge on any atom is -0.337 e. The van der Waals surface area contributed by atoms with Crippen molar-refractivity contribution < 1.29 is 9.59 Å². The highest BCUT2D eigenvalue weighted by Crippen LogP contribution is 2.19. The Kier molecular flexibility index (Phi) is 5.71. The van der Waals surface area contributed by atoms with Gasteiger partial charge in [0, 0.05) is 36.0 Å². The Balaban J connectivity index is 1.70. The van der Waals surface area contributed by atoms with Crippen LogP contribution >= 0.6 is 25.3 Å². The van der Waals surface area contributed by atoms with E-state index < -0.39 is 0 Å². The summed E-state index contributed by atoms with van der Waals surface area (Å²) in [5.41, 5.74) is 1.21. The van der Waals surface area contributed by atoms with Crippen LogP contribution in [0.4, 0.5) is 0 Å². The molecule has 1 saturated heterocycles. The zero-order chi connectivity index (χ0) is 17.8. The Morgan fingerprint density at radius 1 is 0.680 bits per heavy atom. The van der Waals surface area contributed by atoms with Crippen LogP contribution in [0.5, 0.6) is 0 Å². The highest BCUT2D eigenvalue weighted by Gasteiger charge is 2.24. The van der Waals surface area contributed by atoms with Crippen molar-refractivity contribution in [2.45, 2.75) is 16.2 Å². The number of carbonyl (C=O) groups excluding carboxylic acids is 2. The predicted molar refractivity (Wildman–Crippen MR) is 104 cm³/mol. The lowest BCUT2D eigenvalue weighted by molar-refractivity contribution is 0.0715. The molecule has 25 heavy (non-hydrogen) atoms. The normalized spacial score (nSPS) is 15.0. The highest BCUT2D eigenvalue weighted by molar-refractivity contribution is 7.80. The molecular weight excluding hydrogens is 352 g/mol. The lowest BCUT2D eigenvalue weighted by Crippen LogP contribution is -2.37. The lowest BCUT2D eigenvalue weighted by Gasteiger charge is -2.23. The molecule has 0 bridgehead atoms. The van der Waals surface area contributed by atoms with Crippen molar-refractivity contribution in [1.29, 1.82) is 0 Å². The number of carbonyl (C=O) groups is 2. The molecule has 130 valence electrons. The Morgan fingerprint density at radius 2 is 1.08 bits per heavy atom. The third-order valence-electron chi connectivity index (χ3n) is 4.34. The number of nitrogens with zero attached hydrogens (tertiary/aromatic N) is 2. The molecule has 0 unspecified atom stereocenters. The molecule has 0 radical (unpaired) electrons. The number of benzene rings is 2. The molecule has 1 aliphatic heterocycles. The molecule has 0 N–H and O–H groups in total. The fourth-order valence-corrected chi connectivity index (χ4v) is 3.49. The third kappa shape index (κ3) is 4.02. The number of rotatable bonds is 2. The van der Waals surface area contributed by atoms with Gasteiger partial charge in [-0.05, 0) is 30.7 Å². The molecule has 2 amide bonds.